The van der Waals surface area contributed by atoms with Crippen LogP contribution in [0.5, 0.6) is 0 Å². The van der Waals surface area contributed by atoms with Gasteiger partial charge in [-0.3, -0.25) is 4.79 Å². The van der Waals surface area contributed by atoms with Crippen molar-refractivity contribution in [1.82, 2.24) is 9.88 Å². The molecule has 2 heterocycles. The normalized spacial score (nSPS) is 18.0. The van der Waals surface area contributed by atoms with Crippen LogP contribution in [0.1, 0.15) is 35.0 Å². The number of hydrogen-bond donors (Lipinski definition) is 0. The zero-order valence-corrected chi connectivity index (χ0v) is 13.9. The first kappa shape index (κ1) is 15.2. The van der Waals surface area contributed by atoms with E-state index in [-0.39, 0.29) is 11.8 Å². The number of carbonyl (C=O) groups excluding carboxylic acids is 1. The second kappa shape index (κ2) is 6.29. The van der Waals surface area contributed by atoms with E-state index in [0.29, 0.717) is 17.1 Å². The Balaban J connectivity index is 1.54. The first-order valence-electron chi connectivity index (χ1n) is 8.11. The second-order valence-electron chi connectivity index (χ2n) is 6.12. The molecule has 1 fully saturated rings. The van der Waals surface area contributed by atoms with Crippen molar-refractivity contribution in [1.29, 1.82) is 0 Å². The van der Waals surface area contributed by atoms with Gasteiger partial charge in [-0.1, -0.05) is 23.7 Å². The monoisotopic (exact) mass is 340 g/mol. The second-order valence-corrected chi connectivity index (χ2v) is 6.55. The van der Waals surface area contributed by atoms with Crippen LogP contribution >= 0.6 is 11.6 Å². The van der Waals surface area contributed by atoms with Gasteiger partial charge in [0.25, 0.3) is 5.91 Å². The van der Waals surface area contributed by atoms with Crippen LogP contribution in [0, 0.1) is 0 Å². The van der Waals surface area contributed by atoms with Crippen LogP contribution in [0.4, 0.5) is 0 Å². The molecule has 0 bridgehead atoms. The zero-order valence-electron chi connectivity index (χ0n) is 13.1. The summed E-state index contributed by atoms with van der Waals surface area (Å²) >= 11 is 5.90. The molecule has 1 aromatic heterocycles. The van der Waals surface area contributed by atoms with Crippen molar-refractivity contribution in [2.45, 2.75) is 18.8 Å². The van der Waals surface area contributed by atoms with E-state index >= 15 is 0 Å². The van der Waals surface area contributed by atoms with Crippen molar-refractivity contribution in [2.24, 2.45) is 0 Å². The quantitative estimate of drug-likeness (QED) is 0.690. The largest absolute Gasteiger partial charge is 0.440 e. The van der Waals surface area contributed by atoms with E-state index < -0.39 is 0 Å². The molecule has 1 amide bonds. The van der Waals surface area contributed by atoms with Gasteiger partial charge in [0.2, 0.25) is 0 Å². The number of amides is 1. The molecule has 4 nitrogen and oxygen atoms in total. The van der Waals surface area contributed by atoms with E-state index in [0.717, 1.165) is 36.4 Å². The van der Waals surface area contributed by atoms with Crippen molar-refractivity contribution in [3.8, 4) is 0 Å². The molecule has 122 valence electrons. The molecule has 1 saturated heterocycles. The number of fused-ring (bicyclic) bond motifs is 1. The Labute approximate surface area is 145 Å². The molecule has 1 aliphatic rings. The summed E-state index contributed by atoms with van der Waals surface area (Å²) in [4.78, 5) is 19.2. The summed E-state index contributed by atoms with van der Waals surface area (Å²) < 4.78 is 5.89. The minimum atomic E-state index is 0.0347. The first-order chi connectivity index (χ1) is 11.7. The van der Waals surface area contributed by atoms with Crippen LogP contribution in [0.2, 0.25) is 5.02 Å². The molecule has 3 aromatic rings. The molecule has 0 saturated carbocycles. The molecule has 1 aliphatic heterocycles. The molecular formula is C19H17ClN2O2. The Bertz CT molecular complexity index is 839. The number of aromatic nitrogens is 1. The minimum Gasteiger partial charge on any atom is -0.440 e. The maximum absolute atomic E-state index is 12.7. The van der Waals surface area contributed by atoms with E-state index in [1.807, 2.05) is 29.2 Å². The summed E-state index contributed by atoms with van der Waals surface area (Å²) in [5.74, 6) is 0.902. The predicted molar refractivity (Wildman–Crippen MR) is 93.3 cm³/mol. The number of likely N-dealkylation sites (tertiary alicyclic amines) is 1. The summed E-state index contributed by atoms with van der Waals surface area (Å²) in [5.41, 5.74) is 2.33. The average molecular weight is 341 g/mol. The number of halogens is 1. The zero-order chi connectivity index (χ0) is 16.5. The number of oxazole rings is 1. The van der Waals surface area contributed by atoms with Crippen molar-refractivity contribution in [3.05, 3.63) is 65.0 Å². The lowest BCUT2D eigenvalue weighted by Gasteiger charge is -2.31. The summed E-state index contributed by atoms with van der Waals surface area (Å²) in [6.07, 6.45) is 1.93. The minimum absolute atomic E-state index is 0.0347. The number of rotatable bonds is 2. The molecule has 0 N–H and O–H groups in total. The Morgan fingerprint density at radius 3 is 2.75 bits per heavy atom. The lowest BCUT2D eigenvalue weighted by molar-refractivity contribution is 0.0699. The molecule has 0 unspecified atom stereocenters. The number of benzene rings is 2. The number of nitrogens with zero attached hydrogens (tertiary/aromatic N) is 2. The molecular weight excluding hydrogens is 324 g/mol. The van der Waals surface area contributed by atoms with Crippen LogP contribution in [0.15, 0.2) is 52.9 Å². The number of carbonyl (C=O) groups is 1. The Morgan fingerprint density at radius 1 is 1.17 bits per heavy atom. The van der Waals surface area contributed by atoms with Crippen molar-refractivity contribution >= 4 is 28.6 Å². The molecule has 2 aromatic carbocycles. The fourth-order valence-electron chi connectivity index (χ4n) is 3.20. The third kappa shape index (κ3) is 2.89. The highest BCUT2D eigenvalue weighted by molar-refractivity contribution is 6.30. The van der Waals surface area contributed by atoms with Crippen LogP contribution in [0.3, 0.4) is 0 Å². The first-order valence-corrected chi connectivity index (χ1v) is 8.49. The van der Waals surface area contributed by atoms with E-state index in [4.69, 9.17) is 16.0 Å². The van der Waals surface area contributed by atoms with Crippen LogP contribution in [0.25, 0.3) is 11.1 Å². The summed E-state index contributed by atoms with van der Waals surface area (Å²) in [5, 5.41) is 0.634. The summed E-state index contributed by atoms with van der Waals surface area (Å²) in [6, 6.07) is 14.8. The highest BCUT2D eigenvalue weighted by Gasteiger charge is 2.28. The molecule has 24 heavy (non-hydrogen) atoms. The van der Waals surface area contributed by atoms with Gasteiger partial charge in [0.15, 0.2) is 11.5 Å². The van der Waals surface area contributed by atoms with Gasteiger partial charge in [-0.15, -0.1) is 0 Å². The van der Waals surface area contributed by atoms with Crippen LogP contribution in [-0.4, -0.2) is 28.9 Å². The highest BCUT2D eigenvalue weighted by Crippen LogP contribution is 2.29. The molecule has 5 heteroatoms. The Hall–Kier alpha value is -2.33. The molecule has 4 rings (SSSR count). The van der Waals surface area contributed by atoms with Gasteiger partial charge in [-0.2, -0.15) is 0 Å². The van der Waals surface area contributed by atoms with Crippen LogP contribution in [-0.2, 0) is 0 Å². The van der Waals surface area contributed by atoms with E-state index in [1.165, 1.54) is 0 Å². The topological polar surface area (TPSA) is 46.3 Å². The number of para-hydroxylation sites is 2. The van der Waals surface area contributed by atoms with E-state index in [1.54, 1.807) is 24.3 Å². The lowest BCUT2D eigenvalue weighted by atomic mass is 9.97. The molecule has 1 atom stereocenters. The van der Waals surface area contributed by atoms with Gasteiger partial charge < -0.3 is 9.32 Å². The van der Waals surface area contributed by atoms with Crippen molar-refractivity contribution in [3.63, 3.8) is 0 Å². The summed E-state index contributed by atoms with van der Waals surface area (Å²) in [7, 11) is 0. The van der Waals surface area contributed by atoms with Crippen molar-refractivity contribution in [2.75, 3.05) is 13.1 Å². The van der Waals surface area contributed by atoms with Gasteiger partial charge in [0.1, 0.15) is 5.52 Å². The Morgan fingerprint density at radius 2 is 1.96 bits per heavy atom. The highest BCUT2D eigenvalue weighted by atomic mass is 35.5. The van der Waals surface area contributed by atoms with Crippen LogP contribution < -0.4 is 0 Å². The van der Waals surface area contributed by atoms with Gasteiger partial charge in [0.05, 0.1) is 5.92 Å². The fourth-order valence-corrected chi connectivity index (χ4v) is 3.33. The van der Waals surface area contributed by atoms with Gasteiger partial charge in [-0.05, 0) is 49.2 Å². The smallest absolute Gasteiger partial charge is 0.253 e. The molecule has 0 aliphatic carbocycles. The van der Waals surface area contributed by atoms with Crippen molar-refractivity contribution < 1.29 is 9.21 Å². The number of piperidine rings is 1. The summed E-state index contributed by atoms with van der Waals surface area (Å²) in [6.45, 7) is 1.40. The maximum atomic E-state index is 12.7. The fraction of sp³-hybridized carbons (Fsp3) is 0.263. The van der Waals surface area contributed by atoms with Gasteiger partial charge >= 0.3 is 0 Å². The van der Waals surface area contributed by atoms with Gasteiger partial charge in [-0.25, -0.2) is 4.98 Å². The molecule has 0 spiro atoms. The number of hydrogen-bond acceptors (Lipinski definition) is 3. The predicted octanol–water partition coefficient (Wildman–Crippen LogP) is 4.50. The standard InChI is InChI=1S/C19H17ClN2O2/c20-15-9-7-13(8-10-15)19(23)22-11-3-4-14(12-22)18-21-16-5-1-2-6-17(16)24-18/h1-2,5-10,14H,3-4,11-12H2/t14-/m0/s1. The molecule has 0 radical (unpaired) electrons. The lowest BCUT2D eigenvalue weighted by Crippen LogP contribution is -2.39. The van der Waals surface area contributed by atoms with Gasteiger partial charge in [0, 0.05) is 23.7 Å². The van der Waals surface area contributed by atoms with E-state index in [2.05, 4.69) is 4.98 Å². The third-order valence-electron chi connectivity index (χ3n) is 4.46. The SMILES string of the molecule is O=C(c1ccc(Cl)cc1)N1CCC[C@H](c2nc3ccccc3o2)C1. The third-order valence-corrected chi connectivity index (χ3v) is 4.71. The van der Waals surface area contributed by atoms with E-state index in [9.17, 15) is 4.79 Å². The average Bonchev–Trinajstić information content (AvgIpc) is 3.06. The Kier molecular flexibility index (Phi) is 3.98. The maximum Gasteiger partial charge on any atom is 0.253 e.